The summed E-state index contributed by atoms with van der Waals surface area (Å²) < 4.78 is 1.79. The Bertz CT molecular complexity index is 1850. The Morgan fingerprint density at radius 3 is 2.45 bits per heavy atom. The van der Waals surface area contributed by atoms with E-state index in [0.29, 0.717) is 43.1 Å². The molecule has 0 aliphatic rings. The Morgan fingerprint density at radius 1 is 0.950 bits per heavy atom. The van der Waals surface area contributed by atoms with Gasteiger partial charge in [-0.3, -0.25) is 4.79 Å². The predicted octanol–water partition coefficient (Wildman–Crippen LogP) is 7.54. The van der Waals surface area contributed by atoms with Crippen LogP contribution in [0.5, 0.6) is 0 Å². The number of fused-ring (bicyclic) bond motifs is 1. The molecule has 1 atom stereocenters. The van der Waals surface area contributed by atoms with Crippen LogP contribution in [0, 0.1) is 0 Å². The van der Waals surface area contributed by atoms with Gasteiger partial charge in [-0.2, -0.15) is 0 Å². The summed E-state index contributed by atoms with van der Waals surface area (Å²) in [6, 6.07) is 25.6. The Balaban J connectivity index is 1.56. The molecule has 3 aromatic heterocycles. The summed E-state index contributed by atoms with van der Waals surface area (Å²) in [6.07, 6.45) is 3.30. The van der Waals surface area contributed by atoms with Gasteiger partial charge in [-0.05, 0) is 76.2 Å². The summed E-state index contributed by atoms with van der Waals surface area (Å²) in [5.74, 6) is 0.178. The Labute approximate surface area is 244 Å². The van der Waals surface area contributed by atoms with Crippen molar-refractivity contribution in [2.24, 2.45) is 7.05 Å². The normalized spacial score (nSPS) is 12.8. The molecule has 0 saturated heterocycles. The predicted molar refractivity (Wildman–Crippen MR) is 161 cm³/mol. The van der Waals surface area contributed by atoms with Gasteiger partial charge in [-0.25, -0.2) is 9.97 Å². The van der Waals surface area contributed by atoms with Crippen LogP contribution in [0.2, 0.25) is 10.0 Å². The number of rotatable bonds is 6. The van der Waals surface area contributed by atoms with Crippen LogP contribution in [0.25, 0.3) is 22.0 Å². The van der Waals surface area contributed by atoms with E-state index in [4.69, 9.17) is 28.2 Å². The van der Waals surface area contributed by atoms with Crippen molar-refractivity contribution < 1.29 is 9.90 Å². The minimum atomic E-state index is -1.54. The fraction of sp³-hybridized carbons (Fsp3) is 0.0645. The number of pyridine rings is 1. The van der Waals surface area contributed by atoms with Gasteiger partial charge in [-0.1, -0.05) is 59.6 Å². The number of benzene rings is 3. The number of nitrogens with zero attached hydrogens (tertiary/aromatic N) is 3. The lowest BCUT2D eigenvalue weighted by atomic mass is 9.82. The van der Waals surface area contributed by atoms with Crippen molar-refractivity contribution >= 4 is 57.2 Å². The first kappa shape index (κ1) is 26.2. The van der Waals surface area contributed by atoms with Gasteiger partial charge in [0.2, 0.25) is 0 Å². The Kier molecular flexibility index (Phi) is 6.90. The topological polar surface area (TPSA) is 80.0 Å². The molecule has 1 amide bonds. The highest BCUT2D eigenvalue weighted by molar-refractivity contribution is 7.12. The number of carbonyl (C=O) groups is 1. The Morgan fingerprint density at radius 2 is 1.75 bits per heavy atom. The summed E-state index contributed by atoms with van der Waals surface area (Å²) >= 11 is 13.9. The largest absolute Gasteiger partial charge is 0.374 e. The highest BCUT2D eigenvalue weighted by atomic mass is 35.5. The number of thiophene rings is 1. The van der Waals surface area contributed by atoms with Crippen LogP contribution < -0.4 is 5.32 Å². The van der Waals surface area contributed by atoms with Crippen LogP contribution >= 0.6 is 34.5 Å². The van der Waals surface area contributed by atoms with Crippen molar-refractivity contribution in [3.8, 4) is 11.1 Å². The standard InChI is InChI=1S/C31H22Cl2N4O2S/c1-37-18-34-17-28(37)31(39,20-7-10-22(32)11-8-20)21-9-12-26-25(15-21)24(19-4-2-5-23(33)14-19)16-29(35-26)36-30(38)27-6-3-13-40-27/h2-18,39H,1H3,(H,35,36,38). The molecule has 0 radical (unpaired) electrons. The van der Waals surface area contributed by atoms with Gasteiger partial charge >= 0.3 is 0 Å². The number of halogens is 2. The van der Waals surface area contributed by atoms with Crippen LogP contribution in [0.3, 0.4) is 0 Å². The maximum absolute atomic E-state index is 12.8. The molecule has 0 aliphatic carbocycles. The number of nitrogens with one attached hydrogen (secondary N) is 1. The summed E-state index contributed by atoms with van der Waals surface area (Å²) in [5, 5.41) is 19.1. The molecule has 40 heavy (non-hydrogen) atoms. The van der Waals surface area contributed by atoms with Crippen LogP contribution in [0.15, 0.2) is 103 Å². The van der Waals surface area contributed by atoms with Crippen LogP contribution in [0.4, 0.5) is 5.82 Å². The maximum atomic E-state index is 12.8. The fourth-order valence-electron chi connectivity index (χ4n) is 4.85. The maximum Gasteiger partial charge on any atom is 0.266 e. The number of imidazole rings is 1. The molecular formula is C31H22Cl2N4O2S. The molecule has 198 valence electrons. The molecule has 0 fully saturated rings. The third-order valence-electron chi connectivity index (χ3n) is 6.80. The zero-order valence-electron chi connectivity index (χ0n) is 21.2. The second-order valence-corrected chi connectivity index (χ2v) is 11.2. The molecular weight excluding hydrogens is 563 g/mol. The van der Waals surface area contributed by atoms with E-state index in [-0.39, 0.29) is 5.91 Å². The van der Waals surface area contributed by atoms with Gasteiger partial charge in [0.15, 0.2) is 5.60 Å². The second-order valence-electron chi connectivity index (χ2n) is 9.34. The van der Waals surface area contributed by atoms with E-state index in [9.17, 15) is 9.90 Å². The lowest BCUT2D eigenvalue weighted by molar-refractivity contribution is 0.103. The zero-order valence-corrected chi connectivity index (χ0v) is 23.5. The highest BCUT2D eigenvalue weighted by Gasteiger charge is 2.37. The molecule has 2 N–H and O–H groups in total. The third kappa shape index (κ3) is 4.78. The summed E-state index contributed by atoms with van der Waals surface area (Å²) in [6.45, 7) is 0. The molecule has 3 aromatic carbocycles. The van der Waals surface area contributed by atoms with Crippen LogP contribution in [0.1, 0.15) is 26.5 Å². The zero-order chi connectivity index (χ0) is 27.9. The van der Waals surface area contributed by atoms with Gasteiger partial charge in [0.25, 0.3) is 5.91 Å². The average molecular weight is 586 g/mol. The van der Waals surface area contributed by atoms with Gasteiger partial charge < -0.3 is 15.0 Å². The number of aryl methyl sites for hydroxylation is 1. The average Bonchev–Trinajstić information content (AvgIpc) is 3.65. The molecule has 0 spiro atoms. The number of hydrogen-bond acceptors (Lipinski definition) is 5. The summed E-state index contributed by atoms with van der Waals surface area (Å²) in [5.41, 5.74) is 2.60. The lowest BCUT2D eigenvalue weighted by Gasteiger charge is -2.30. The van der Waals surface area contributed by atoms with Crippen LogP contribution in [-0.2, 0) is 12.6 Å². The minimum absolute atomic E-state index is 0.233. The van der Waals surface area contributed by atoms with E-state index < -0.39 is 5.60 Å². The van der Waals surface area contributed by atoms with E-state index in [1.807, 2.05) is 61.0 Å². The van der Waals surface area contributed by atoms with Gasteiger partial charge in [0.05, 0.1) is 28.6 Å². The molecule has 1 unspecified atom stereocenters. The van der Waals surface area contributed by atoms with Crippen LogP contribution in [-0.4, -0.2) is 25.5 Å². The monoisotopic (exact) mass is 584 g/mol. The molecule has 6 aromatic rings. The number of hydrogen-bond donors (Lipinski definition) is 2. The molecule has 6 nitrogen and oxygen atoms in total. The van der Waals surface area contributed by atoms with E-state index in [1.165, 1.54) is 11.3 Å². The lowest BCUT2D eigenvalue weighted by Crippen LogP contribution is -2.31. The number of carbonyl (C=O) groups excluding carboxylic acids is 1. The number of aromatic nitrogens is 3. The minimum Gasteiger partial charge on any atom is -0.374 e. The number of aliphatic hydroxyl groups is 1. The van der Waals surface area contributed by atoms with Crippen molar-refractivity contribution in [2.75, 3.05) is 5.32 Å². The van der Waals surface area contributed by atoms with Crippen molar-refractivity contribution in [1.82, 2.24) is 14.5 Å². The summed E-state index contributed by atoms with van der Waals surface area (Å²) in [7, 11) is 1.84. The fourth-order valence-corrected chi connectivity index (χ4v) is 5.79. The molecule has 0 saturated carbocycles. The van der Waals surface area contributed by atoms with Crippen molar-refractivity contribution in [1.29, 1.82) is 0 Å². The van der Waals surface area contributed by atoms with E-state index in [1.54, 1.807) is 53.5 Å². The summed E-state index contributed by atoms with van der Waals surface area (Å²) in [4.78, 5) is 22.4. The highest BCUT2D eigenvalue weighted by Crippen LogP contribution is 2.40. The van der Waals surface area contributed by atoms with Crippen molar-refractivity contribution in [3.05, 3.63) is 135 Å². The third-order valence-corrected chi connectivity index (χ3v) is 8.15. The number of amides is 1. The second kappa shape index (κ2) is 10.5. The first-order valence-corrected chi connectivity index (χ1v) is 14.0. The van der Waals surface area contributed by atoms with Gasteiger partial charge in [-0.15, -0.1) is 11.3 Å². The number of anilines is 1. The molecule has 6 rings (SSSR count). The molecule has 9 heteroatoms. The Hall–Kier alpha value is -4.01. The smallest absolute Gasteiger partial charge is 0.266 e. The first-order chi connectivity index (χ1) is 19.3. The van der Waals surface area contributed by atoms with Crippen molar-refractivity contribution in [3.63, 3.8) is 0 Å². The molecule has 0 bridgehead atoms. The van der Waals surface area contributed by atoms with E-state index >= 15 is 0 Å². The van der Waals surface area contributed by atoms with E-state index in [0.717, 1.165) is 16.5 Å². The first-order valence-electron chi connectivity index (χ1n) is 12.3. The molecule has 0 aliphatic heterocycles. The van der Waals surface area contributed by atoms with E-state index in [2.05, 4.69) is 10.3 Å². The molecule has 3 heterocycles. The SMILES string of the molecule is Cn1cncc1C(O)(c1ccc(Cl)cc1)c1ccc2nc(NC(=O)c3cccs3)cc(-c3cccc(Cl)c3)c2c1. The van der Waals surface area contributed by atoms with Gasteiger partial charge in [0, 0.05) is 22.5 Å². The van der Waals surface area contributed by atoms with Crippen molar-refractivity contribution in [2.45, 2.75) is 5.60 Å². The quantitative estimate of drug-likeness (QED) is 0.212. The van der Waals surface area contributed by atoms with Gasteiger partial charge in [0.1, 0.15) is 5.82 Å².